The largest absolute Gasteiger partial charge is 0.489 e. The molecule has 0 aliphatic carbocycles. The molecule has 1 aliphatic rings. The molecule has 0 fully saturated rings. The van der Waals surface area contributed by atoms with Crippen molar-refractivity contribution >= 4 is 17.5 Å². The number of para-hydroxylation sites is 1. The zero-order valence-corrected chi connectivity index (χ0v) is 19.2. The lowest BCUT2D eigenvalue weighted by molar-refractivity contribution is -0.113. The molecule has 2 N–H and O–H groups in total. The number of anilines is 2. The van der Waals surface area contributed by atoms with Crippen molar-refractivity contribution in [3.63, 3.8) is 0 Å². The van der Waals surface area contributed by atoms with Gasteiger partial charge in [-0.15, -0.1) is 0 Å². The van der Waals surface area contributed by atoms with Gasteiger partial charge in [0.25, 0.3) is 5.91 Å². The van der Waals surface area contributed by atoms with Gasteiger partial charge in [-0.25, -0.2) is 4.39 Å². The molecule has 2 heterocycles. The summed E-state index contributed by atoms with van der Waals surface area (Å²) in [7, 11) is 0. The highest BCUT2D eigenvalue weighted by Crippen LogP contribution is 2.35. The molecule has 1 unspecified atom stereocenters. The summed E-state index contributed by atoms with van der Waals surface area (Å²) in [5.74, 6) is 0.458. The van der Waals surface area contributed by atoms with Gasteiger partial charge in [0.1, 0.15) is 24.2 Å². The molecule has 4 aromatic rings. The molecule has 0 spiro atoms. The highest BCUT2D eigenvalue weighted by molar-refractivity contribution is 6.06. The Kier molecular flexibility index (Phi) is 5.97. The summed E-state index contributed by atoms with van der Waals surface area (Å²) in [4.78, 5) is 13.5. The first kappa shape index (κ1) is 22.3. The Morgan fingerprint density at radius 1 is 1.06 bits per heavy atom. The number of tetrazole rings is 1. The number of nitrogens with zero attached hydrogens (tertiary/aromatic N) is 4. The van der Waals surface area contributed by atoms with E-state index in [0.717, 1.165) is 16.8 Å². The van der Waals surface area contributed by atoms with E-state index in [4.69, 9.17) is 4.74 Å². The van der Waals surface area contributed by atoms with Crippen LogP contribution in [0, 0.1) is 12.7 Å². The van der Waals surface area contributed by atoms with E-state index in [1.54, 1.807) is 35.0 Å². The van der Waals surface area contributed by atoms with Crippen LogP contribution in [0.2, 0.25) is 0 Å². The Hall–Kier alpha value is -4.53. The molecule has 5 rings (SSSR count). The normalized spacial score (nSPS) is 14.8. The quantitative estimate of drug-likeness (QED) is 0.427. The summed E-state index contributed by atoms with van der Waals surface area (Å²) in [6, 6.07) is 20.8. The minimum absolute atomic E-state index is 0.111. The second-order valence-electron chi connectivity index (χ2n) is 8.23. The van der Waals surface area contributed by atoms with Gasteiger partial charge in [-0.05, 0) is 59.7 Å². The second kappa shape index (κ2) is 9.38. The molecule has 3 aromatic carbocycles. The van der Waals surface area contributed by atoms with Crippen molar-refractivity contribution in [3.8, 4) is 5.75 Å². The lowest BCUT2D eigenvalue weighted by Gasteiger charge is -2.28. The van der Waals surface area contributed by atoms with Crippen LogP contribution in [-0.2, 0) is 11.4 Å². The van der Waals surface area contributed by atoms with Crippen molar-refractivity contribution < 1.29 is 13.9 Å². The smallest absolute Gasteiger partial charge is 0.255 e. The minimum atomic E-state index is -0.550. The molecule has 0 saturated carbocycles. The first-order valence-corrected chi connectivity index (χ1v) is 11.1. The van der Waals surface area contributed by atoms with Gasteiger partial charge in [0.05, 0.1) is 5.57 Å². The average Bonchev–Trinajstić information content (AvgIpc) is 3.32. The molecule has 0 bridgehead atoms. The summed E-state index contributed by atoms with van der Waals surface area (Å²) >= 11 is 0. The average molecular weight is 471 g/mol. The van der Waals surface area contributed by atoms with Crippen molar-refractivity contribution in [2.45, 2.75) is 26.5 Å². The van der Waals surface area contributed by atoms with Crippen molar-refractivity contribution in [2.75, 3.05) is 10.6 Å². The molecule has 9 heteroatoms. The number of amides is 1. The monoisotopic (exact) mass is 470 g/mol. The fourth-order valence-electron chi connectivity index (χ4n) is 4.04. The molecule has 1 aliphatic heterocycles. The number of carbonyl (C=O) groups excluding carboxylic acids is 1. The predicted octanol–water partition coefficient (Wildman–Crippen LogP) is 4.63. The molecule has 1 amide bonds. The van der Waals surface area contributed by atoms with Crippen LogP contribution >= 0.6 is 0 Å². The van der Waals surface area contributed by atoms with E-state index in [0.29, 0.717) is 28.5 Å². The summed E-state index contributed by atoms with van der Waals surface area (Å²) in [5, 5.41) is 18.0. The third-order valence-electron chi connectivity index (χ3n) is 5.90. The van der Waals surface area contributed by atoms with Crippen LogP contribution in [-0.4, -0.2) is 26.1 Å². The number of allylic oxidation sites excluding steroid dienone is 1. The van der Waals surface area contributed by atoms with Gasteiger partial charge in [-0.1, -0.05) is 53.6 Å². The highest BCUT2D eigenvalue weighted by Gasteiger charge is 2.34. The van der Waals surface area contributed by atoms with Crippen LogP contribution in [0.3, 0.4) is 0 Å². The van der Waals surface area contributed by atoms with Crippen molar-refractivity contribution in [3.05, 3.63) is 107 Å². The first-order valence-electron chi connectivity index (χ1n) is 11.1. The van der Waals surface area contributed by atoms with Gasteiger partial charge in [0.2, 0.25) is 5.95 Å². The zero-order valence-electron chi connectivity index (χ0n) is 19.2. The van der Waals surface area contributed by atoms with Gasteiger partial charge in [-0.3, -0.25) is 4.79 Å². The Labute approximate surface area is 201 Å². The maximum Gasteiger partial charge on any atom is 0.255 e. The lowest BCUT2D eigenvalue weighted by Crippen LogP contribution is -2.31. The van der Waals surface area contributed by atoms with E-state index in [-0.39, 0.29) is 18.3 Å². The molecular weight excluding hydrogens is 447 g/mol. The number of halogens is 1. The van der Waals surface area contributed by atoms with Gasteiger partial charge < -0.3 is 15.4 Å². The highest BCUT2D eigenvalue weighted by atomic mass is 19.1. The Morgan fingerprint density at radius 2 is 1.80 bits per heavy atom. The van der Waals surface area contributed by atoms with Crippen LogP contribution in [0.15, 0.2) is 84.1 Å². The maximum absolute atomic E-state index is 13.9. The van der Waals surface area contributed by atoms with E-state index in [9.17, 15) is 9.18 Å². The summed E-state index contributed by atoms with van der Waals surface area (Å²) in [6.07, 6.45) is 0. The number of hydrogen-bond donors (Lipinski definition) is 2. The lowest BCUT2D eigenvalue weighted by atomic mass is 9.95. The maximum atomic E-state index is 13.9. The van der Waals surface area contributed by atoms with Gasteiger partial charge >= 0.3 is 0 Å². The first-order chi connectivity index (χ1) is 17.0. The number of aromatic nitrogens is 4. The van der Waals surface area contributed by atoms with E-state index >= 15 is 0 Å². The van der Waals surface area contributed by atoms with Crippen LogP contribution in [0.25, 0.3) is 0 Å². The van der Waals surface area contributed by atoms with Gasteiger partial charge in [0.15, 0.2) is 0 Å². The van der Waals surface area contributed by atoms with Crippen molar-refractivity contribution in [2.24, 2.45) is 0 Å². The molecule has 176 valence electrons. The van der Waals surface area contributed by atoms with E-state index in [2.05, 4.69) is 26.2 Å². The molecule has 0 saturated heterocycles. The number of fused-ring (bicyclic) bond motifs is 1. The molecule has 1 atom stereocenters. The number of hydrogen-bond acceptors (Lipinski definition) is 6. The number of benzene rings is 3. The summed E-state index contributed by atoms with van der Waals surface area (Å²) < 4.78 is 21.2. The topological polar surface area (TPSA) is 94.0 Å². The molecule has 1 aromatic heterocycles. The van der Waals surface area contributed by atoms with Crippen molar-refractivity contribution in [1.29, 1.82) is 0 Å². The predicted molar refractivity (Wildman–Crippen MR) is 129 cm³/mol. The fourth-order valence-corrected chi connectivity index (χ4v) is 4.04. The standard InChI is InChI=1S/C26H23FN6O2/c1-16-7-3-6-10-22(16)29-25(34)23-17(2)28-26-30-31-32-33(26)24(23)18-11-13-20(14-12-18)35-15-19-8-4-5-9-21(19)27/h3-14,24H,15H2,1-2H3,(H,29,34)(H,28,30,32). The van der Waals surface area contributed by atoms with Crippen LogP contribution < -0.4 is 15.4 Å². The summed E-state index contributed by atoms with van der Waals surface area (Å²) in [6.45, 7) is 3.87. The van der Waals surface area contributed by atoms with E-state index in [1.807, 2.05) is 50.2 Å². The minimum Gasteiger partial charge on any atom is -0.489 e. The van der Waals surface area contributed by atoms with Crippen LogP contribution in [0.4, 0.5) is 16.0 Å². The molecule has 0 radical (unpaired) electrons. The SMILES string of the molecule is CC1=C(C(=O)Nc2ccccc2C)C(c2ccc(OCc3ccccc3F)cc2)n2nnnc2N1. The molecule has 8 nitrogen and oxygen atoms in total. The Morgan fingerprint density at radius 3 is 2.57 bits per heavy atom. The molecular formula is C26H23FN6O2. The van der Waals surface area contributed by atoms with Gasteiger partial charge in [-0.2, -0.15) is 4.68 Å². The van der Waals surface area contributed by atoms with E-state index in [1.165, 1.54) is 6.07 Å². The third-order valence-corrected chi connectivity index (χ3v) is 5.90. The number of ether oxygens (including phenoxy) is 1. The van der Waals surface area contributed by atoms with Crippen LogP contribution in [0.5, 0.6) is 5.75 Å². The third kappa shape index (κ3) is 4.48. The fraction of sp³-hybridized carbons (Fsp3) is 0.154. The number of rotatable bonds is 6. The van der Waals surface area contributed by atoms with Crippen molar-refractivity contribution in [1.82, 2.24) is 20.2 Å². The Bertz CT molecular complexity index is 1410. The van der Waals surface area contributed by atoms with Crippen LogP contribution in [0.1, 0.15) is 29.7 Å². The number of aryl methyl sites for hydroxylation is 1. The molecule has 35 heavy (non-hydrogen) atoms. The number of nitrogens with one attached hydrogen (secondary N) is 2. The van der Waals surface area contributed by atoms with Gasteiger partial charge in [0, 0.05) is 16.9 Å². The summed E-state index contributed by atoms with van der Waals surface area (Å²) in [5.41, 5.74) is 4.11. The second-order valence-corrected chi connectivity index (χ2v) is 8.23. The zero-order chi connectivity index (χ0) is 24.4. The Balaban J connectivity index is 1.42. The number of carbonyl (C=O) groups is 1. The van der Waals surface area contributed by atoms with E-state index < -0.39 is 6.04 Å².